The summed E-state index contributed by atoms with van der Waals surface area (Å²) in [6, 6.07) is 1.42. The molecule has 108 valence electrons. The lowest BCUT2D eigenvalue weighted by Gasteiger charge is -2.35. The van der Waals surface area contributed by atoms with Crippen LogP contribution in [0.3, 0.4) is 0 Å². The highest BCUT2D eigenvalue weighted by Gasteiger charge is 2.23. The second kappa shape index (κ2) is 7.49. The van der Waals surface area contributed by atoms with E-state index < -0.39 is 0 Å². The first kappa shape index (κ1) is 16.0. The number of nitrogens with one attached hydrogen (secondary N) is 1. The van der Waals surface area contributed by atoms with Gasteiger partial charge in [0.25, 0.3) is 0 Å². The van der Waals surface area contributed by atoms with Gasteiger partial charge in [-0.3, -0.25) is 0 Å². The van der Waals surface area contributed by atoms with Crippen LogP contribution >= 0.6 is 0 Å². The van der Waals surface area contributed by atoms with Crippen molar-refractivity contribution >= 4 is 0 Å². The van der Waals surface area contributed by atoms with Crippen LogP contribution in [0.25, 0.3) is 0 Å². The van der Waals surface area contributed by atoms with Crippen LogP contribution in [0.15, 0.2) is 0 Å². The van der Waals surface area contributed by atoms with E-state index in [2.05, 4.69) is 45.0 Å². The first-order valence-electron chi connectivity index (χ1n) is 7.85. The van der Waals surface area contributed by atoms with E-state index in [9.17, 15) is 0 Å². The third-order valence-electron chi connectivity index (χ3n) is 4.67. The third kappa shape index (κ3) is 5.71. The number of nitrogens with zero attached hydrogens (tertiary/aromatic N) is 1. The van der Waals surface area contributed by atoms with Gasteiger partial charge in [0.05, 0.1) is 0 Å². The molecule has 0 heterocycles. The predicted octanol–water partition coefficient (Wildman–Crippen LogP) is 3.67. The zero-order valence-electron chi connectivity index (χ0n) is 13.3. The van der Waals surface area contributed by atoms with Gasteiger partial charge in [0.2, 0.25) is 0 Å². The molecule has 1 rings (SSSR count). The second-order valence-corrected chi connectivity index (χ2v) is 7.17. The third-order valence-corrected chi connectivity index (χ3v) is 4.67. The van der Waals surface area contributed by atoms with Crippen LogP contribution in [0.4, 0.5) is 0 Å². The molecule has 1 fully saturated rings. The molecule has 1 aliphatic carbocycles. The Morgan fingerprint density at radius 2 is 1.67 bits per heavy atom. The summed E-state index contributed by atoms with van der Waals surface area (Å²) in [4.78, 5) is 2.49. The average molecular weight is 254 g/mol. The van der Waals surface area contributed by atoms with Crippen molar-refractivity contribution in [3.63, 3.8) is 0 Å². The zero-order valence-corrected chi connectivity index (χ0v) is 13.3. The van der Waals surface area contributed by atoms with Crippen LogP contribution in [0, 0.1) is 5.41 Å². The summed E-state index contributed by atoms with van der Waals surface area (Å²) < 4.78 is 0. The maximum atomic E-state index is 3.76. The molecule has 0 aromatic rings. The van der Waals surface area contributed by atoms with Crippen LogP contribution in [-0.4, -0.2) is 37.1 Å². The highest BCUT2D eigenvalue weighted by molar-refractivity contribution is 4.78. The summed E-state index contributed by atoms with van der Waals surface area (Å²) in [6.45, 7) is 11.6. The molecular formula is C16H34N2. The smallest absolute Gasteiger partial charge is 0.0113 e. The Kier molecular flexibility index (Phi) is 6.65. The van der Waals surface area contributed by atoms with E-state index in [4.69, 9.17) is 0 Å². The fraction of sp³-hybridized carbons (Fsp3) is 1.00. The Balaban J connectivity index is 2.20. The Morgan fingerprint density at radius 3 is 2.17 bits per heavy atom. The van der Waals surface area contributed by atoms with Gasteiger partial charge in [-0.1, -0.05) is 46.5 Å². The summed E-state index contributed by atoms with van der Waals surface area (Å²) in [5.74, 6) is 0. The Hall–Kier alpha value is -0.0800. The van der Waals surface area contributed by atoms with E-state index in [0.29, 0.717) is 11.5 Å². The number of hydrogen-bond acceptors (Lipinski definition) is 2. The SMILES string of the molecule is CC(N(C)CCNC1CCCCCC1)C(C)(C)C. The van der Waals surface area contributed by atoms with Crippen LogP contribution < -0.4 is 5.32 Å². The highest BCUT2D eigenvalue weighted by Crippen LogP contribution is 2.22. The van der Waals surface area contributed by atoms with Gasteiger partial charge in [-0.2, -0.15) is 0 Å². The van der Waals surface area contributed by atoms with Gasteiger partial charge < -0.3 is 10.2 Å². The normalized spacial score (nSPS) is 21.0. The lowest BCUT2D eigenvalue weighted by Crippen LogP contribution is -2.43. The average Bonchev–Trinajstić information content (AvgIpc) is 2.55. The molecule has 0 radical (unpaired) electrons. The standard InChI is InChI=1S/C16H34N2/c1-14(16(2,3)4)18(5)13-12-17-15-10-8-6-7-9-11-15/h14-15,17H,6-13H2,1-5H3. The molecule has 1 saturated carbocycles. The Labute approximate surface area is 115 Å². The maximum Gasteiger partial charge on any atom is 0.0113 e. The lowest BCUT2D eigenvalue weighted by molar-refractivity contribution is 0.140. The van der Waals surface area contributed by atoms with Gasteiger partial charge in [-0.25, -0.2) is 0 Å². The van der Waals surface area contributed by atoms with Crippen molar-refractivity contribution < 1.29 is 0 Å². The summed E-state index contributed by atoms with van der Waals surface area (Å²) in [6.07, 6.45) is 8.51. The molecule has 0 aliphatic heterocycles. The number of rotatable bonds is 5. The molecule has 0 amide bonds. The fourth-order valence-corrected chi connectivity index (χ4v) is 2.78. The number of likely N-dealkylation sites (N-methyl/N-ethyl adjacent to an activating group) is 1. The fourth-order valence-electron chi connectivity index (χ4n) is 2.78. The van der Waals surface area contributed by atoms with Crippen molar-refractivity contribution in [1.29, 1.82) is 0 Å². The summed E-state index contributed by atoms with van der Waals surface area (Å²) in [5, 5.41) is 3.76. The van der Waals surface area contributed by atoms with E-state index in [1.807, 2.05) is 0 Å². The van der Waals surface area contributed by atoms with Crippen molar-refractivity contribution in [2.75, 3.05) is 20.1 Å². The van der Waals surface area contributed by atoms with Gasteiger partial charge in [0.15, 0.2) is 0 Å². The summed E-state index contributed by atoms with van der Waals surface area (Å²) in [7, 11) is 2.25. The van der Waals surface area contributed by atoms with Crippen LogP contribution in [0.5, 0.6) is 0 Å². The summed E-state index contributed by atoms with van der Waals surface area (Å²) >= 11 is 0. The van der Waals surface area contributed by atoms with Crippen molar-refractivity contribution in [3.05, 3.63) is 0 Å². The molecule has 1 aliphatic rings. The second-order valence-electron chi connectivity index (χ2n) is 7.17. The molecule has 1 unspecified atom stereocenters. The quantitative estimate of drug-likeness (QED) is 0.753. The van der Waals surface area contributed by atoms with Crippen molar-refractivity contribution in [3.8, 4) is 0 Å². The molecule has 1 atom stereocenters. The first-order valence-corrected chi connectivity index (χ1v) is 7.85. The molecule has 2 heteroatoms. The molecule has 1 N–H and O–H groups in total. The molecule has 0 aromatic heterocycles. The molecule has 0 saturated heterocycles. The van der Waals surface area contributed by atoms with Crippen LogP contribution in [-0.2, 0) is 0 Å². The zero-order chi connectivity index (χ0) is 13.6. The minimum Gasteiger partial charge on any atom is -0.313 e. The van der Waals surface area contributed by atoms with E-state index in [1.165, 1.54) is 38.5 Å². The molecule has 2 nitrogen and oxygen atoms in total. The first-order chi connectivity index (χ1) is 8.41. The topological polar surface area (TPSA) is 15.3 Å². The maximum absolute atomic E-state index is 3.76. The molecule has 0 spiro atoms. The van der Waals surface area contributed by atoms with Gasteiger partial charge in [-0.05, 0) is 32.2 Å². The van der Waals surface area contributed by atoms with E-state index in [-0.39, 0.29) is 0 Å². The monoisotopic (exact) mass is 254 g/mol. The predicted molar refractivity (Wildman–Crippen MR) is 81.0 cm³/mol. The molecular weight excluding hydrogens is 220 g/mol. The molecule has 0 bridgehead atoms. The van der Waals surface area contributed by atoms with Crippen molar-refractivity contribution in [2.24, 2.45) is 5.41 Å². The van der Waals surface area contributed by atoms with E-state index in [1.54, 1.807) is 0 Å². The van der Waals surface area contributed by atoms with Crippen molar-refractivity contribution in [1.82, 2.24) is 10.2 Å². The Morgan fingerprint density at radius 1 is 1.11 bits per heavy atom. The summed E-state index contributed by atoms with van der Waals surface area (Å²) in [5.41, 5.74) is 0.372. The van der Waals surface area contributed by atoms with E-state index >= 15 is 0 Å². The van der Waals surface area contributed by atoms with Crippen LogP contribution in [0.2, 0.25) is 0 Å². The van der Waals surface area contributed by atoms with Gasteiger partial charge in [-0.15, -0.1) is 0 Å². The molecule has 18 heavy (non-hydrogen) atoms. The minimum absolute atomic E-state index is 0.372. The largest absolute Gasteiger partial charge is 0.313 e. The minimum atomic E-state index is 0.372. The lowest BCUT2D eigenvalue weighted by atomic mass is 9.87. The van der Waals surface area contributed by atoms with Gasteiger partial charge in [0, 0.05) is 25.2 Å². The van der Waals surface area contributed by atoms with Crippen molar-refractivity contribution in [2.45, 2.75) is 78.3 Å². The van der Waals surface area contributed by atoms with Gasteiger partial charge in [0.1, 0.15) is 0 Å². The Bertz CT molecular complexity index is 212. The van der Waals surface area contributed by atoms with Crippen LogP contribution in [0.1, 0.15) is 66.2 Å². The highest BCUT2D eigenvalue weighted by atomic mass is 15.1. The van der Waals surface area contributed by atoms with E-state index in [0.717, 1.165) is 19.1 Å². The molecule has 0 aromatic carbocycles. The number of hydrogen-bond donors (Lipinski definition) is 1. The van der Waals surface area contributed by atoms with Gasteiger partial charge >= 0.3 is 0 Å².